The van der Waals surface area contributed by atoms with Crippen LogP contribution in [0.5, 0.6) is 5.75 Å². The van der Waals surface area contributed by atoms with Gasteiger partial charge in [-0.3, -0.25) is 14.7 Å². The Labute approximate surface area is 188 Å². The van der Waals surface area contributed by atoms with Crippen molar-refractivity contribution in [3.8, 4) is 5.75 Å². The molecule has 2 fully saturated rings. The summed E-state index contributed by atoms with van der Waals surface area (Å²) in [5, 5.41) is 1.17. The molecule has 0 N–H and O–H groups in total. The molecule has 2 aromatic carbocycles. The highest BCUT2D eigenvalue weighted by Gasteiger charge is 2.23. The molecule has 5 rings (SSSR count). The van der Waals surface area contributed by atoms with Gasteiger partial charge in [-0.1, -0.05) is 24.3 Å². The van der Waals surface area contributed by atoms with Gasteiger partial charge in [0.15, 0.2) is 0 Å². The van der Waals surface area contributed by atoms with Crippen molar-refractivity contribution in [3.05, 3.63) is 71.9 Å². The number of rotatable bonds is 6. The maximum absolute atomic E-state index is 13.0. The second-order valence-corrected chi connectivity index (χ2v) is 8.53. The fourth-order valence-corrected chi connectivity index (χ4v) is 4.49. The Bertz CT molecular complexity index is 1050. The highest BCUT2D eigenvalue weighted by molar-refractivity contribution is 5.94. The topological polar surface area (TPSA) is 54.9 Å². The molecule has 6 nitrogen and oxygen atoms in total. The van der Waals surface area contributed by atoms with E-state index in [9.17, 15) is 4.79 Å². The summed E-state index contributed by atoms with van der Waals surface area (Å²) in [6.45, 7) is 5.43. The zero-order valence-electron chi connectivity index (χ0n) is 18.3. The van der Waals surface area contributed by atoms with Crippen molar-refractivity contribution in [2.45, 2.75) is 25.5 Å². The molecule has 2 aliphatic heterocycles. The van der Waals surface area contributed by atoms with Gasteiger partial charge < -0.3 is 14.4 Å². The molecule has 3 aromatic rings. The third-order valence-electron chi connectivity index (χ3n) is 6.33. The Kier molecular flexibility index (Phi) is 6.32. The summed E-state index contributed by atoms with van der Waals surface area (Å²) >= 11 is 0. The fraction of sp³-hybridized carbons (Fsp3) is 0.385. The lowest BCUT2D eigenvalue weighted by molar-refractivity contribution is 0.0627. The summed E-state index contributed by atoms with van der Waals surface area (Å²) in [7, 11) is 0. The second kappa shape index (κ2) is 9.67. The number of piperazine rings is 1. The molecular weight excluding hydrogens is 402 g/mol. The van der Waals surface area contributed by atoms with Crippen LogP contribution in [-0.2, 0) is 11.3 Å². The van der Waals surface area contributed by atoms with Gasteiger partial charge in [0.25, 0.3) is 5.91 Å². The van der Waals surface area contributed by atoms with Crippen molar-refractivity contribution < 1.29 is 14.3 Å². The van der Waals surface area contributed by atoms with Crippen molar-refractivity contribution in [2.75, 3.05) is 39.4 Å². The highest BCUT2D eigenvalue weighted by Crippen LogP contribution is 2.20. The minimum absolute atomic E-state index is 0.0853. The van der Waals surface area contributed by atoms with Crippen LogP contribution in [0.3, 0.4) is 0 Å². The van der Waals surface area contributed by atoms with Gasteiger partial charge >= 0.3 is 0 Å². The molecule has 166 valence electrons. The van der Waals surface area contributed by atoms with E-state index in [2.05, 4.69) is 34.1 Å². The Morgan fingerprint density at radius 1 is 1.03 bits per heavy atom. The van der Waals surface area contributed by atoms with Crippen LogP contribution >= 0.6 is 0 Å². The number of hydrogen-bond acceptors (Lipinski definition) is 5. The van der Waals surface area contributed by atoms with Crippen LogP contribution in [0.15, 0.2) is 60.8 Å². The van der Waals surface area contributed by atoms with Gasteiger partial charge in [-0.25, -0.2) is 0 Å². The van der Waals surface area contributed by atoms with Gasteiger partial charge in [0.05, 0.1) is 11.6 Å². The lowest BCUT2D eigenvalue weighted by atomic mass is 10.1. The number of benzene rings is 2. The Morgan fingerprint density at radius 3 is 2.62 bits per heavy atom. The van der Waals surface area contributed by atoms with Crippen molar-refractivity contribution >= 4 is 16.8 Å². The average molecular weight is 432 g/mol. The number of carbonyl (C=O) groups is 1. The molecule has 0 unspecified atom stereocenters. The van der Waals surface area contributed by atoms with Crippen LogP contribution < -0.4 is 4.74 Å². The van der Waals surface area contributed by atoms with E-state index in [4.69, 9.17) is 9.47 Å². The molecule has 2 saturated heterocycles. The van der Waals surface area contributed by atoms with Crippen LogP contribution in [0.25, 0.3) is 10.9 Å². The summed E-state index contributed by atoms with van der Waals surface area (Å²) in [4.78, 5) is 21.9. The Hall–Kier alpha value is -2.96. The molecule has 0 saturated carbocycles. The standard InChI is InChI=1S/C26H29N3O3/c30-26(21-8-10-23(11-9-21)32-19-24-7-3-17-31-24)29-15-13-28(14-16-29)18-22-5-1-4-20-6-2-12-27-25(20)22/h1-2,4-6,8-12,24H,3,7,13-19H2/t24-/m0/s1. The van der Waals surface area contributed by atoms with Crippen LogP contribution in [0.2, 0.25) is 0 Å². The zero-order chi connectivity index (χ0) is 21.8. The summed E-state index contributed by atoms with van der Waals surface area (Å²) in [5.41, 5.74) is 3.01. The quantitative estimate of drug-likeness (QED) is 0.595. The van der Waals surface area contributed by atoms with Gasteiger partial charge in [-0.2, -0.15) is 0 Å². The molecule has 1 aromatic heterocycles. The molecule has 0 aliphatic carbocycles. The smallest absolute Gasteiger partial charge is 0.253 e. The molecule has 0 bridgehead atoms. The minimum Gasteiger partial charge on any atom is -0.491 e. The summed E-state index contributed by atoms with van der Waals surface area (Å²) in [6, 6.07) is 17.9. The number of para-hydroxylation sites is 1. The molecule has 6 heteroatoms. The molecule has 1 amide bonds. The van der Waals surface area contributed by atoms with Crippen molar-refractivity contribution in [2.24, 2.45) is 0 Å². The molecule has 0 radical (unpaired) electrons. The average Bonchev–Trinajstić information content (AvgIpc) is 3.37. The third kappa shape index (κ3) is 4.76. The molecule has 2 aliphatic rings. The van der Waals surface area contributed by atoms with Gasteiger partial charge in [0, 0.05) is 56.5 Å². The normalized spacial score (nSPS) is 19.4. The largest absolute Gasteiger partial charge is 0.491 e. The van der Waals surface area contributed by atoms with E-state index in [1.807, 2.05) is 41.4 Å². The molecule has 3 heterocycles. The van der Waals surface area contributed by atoms with Crippen LogP contribution in [0.4, 0.5) is 0 Å². The van der Waals surface area contributed by atoms with E-state index in [-0.39, 0.29) is 12.0 Å². The first-order valence-corrected chi connectivity index (χ1v) is 11.4. The van der Waals surface area contributed by atoms with Crippen LogP contribution in [-0.4, -0.2) is 66.2 Å². The van der Waals surface area contributed by atoms with E-state index >= 15 is 0 Å². The third-order valence-corrected chi connectivity index (χ3v) is 6.33. The SMILES string of the molecule is O=C(c1ccc(OC[C@@H]2CCCO2)cc1)N1CCN(Cc2cccc3cccnc23)CC1. The van der Waals surface area contributed by atoms with Gasteiger partial charge in [0.1, 0.15) is 12.4 Å². The number of aromatic nitrogens is 1. The predicted octanol–water partition coefficient (Wildman–Crippen LogP) is 3.75. The number of ether oxygens (including phenoxy) is 2. The number of hydrogen-bond donors (Lipinski definition) is 0. The second-order valence-electron chi connectivity index (χ2n) is 8.53. The molecule has 32 heavy (non-hydrogen) atoms. The molecular formula is C26H29N3O3. The first-order chi connectivity index (χ1) is 15.8. The number of fused-ring (bicyclic) bond motifs is 1. The van der Waals surface area contributed by atoms with Crippen molar-refractivity contribution in [1.29, 1.82) is 0 Å². The maximum Gasteiger partial charge on any atom is 0.253 e. The summed E-state index contributed by atoms with van der Waals surface area (Å²) < 4.78 is 11.4. The van der Waals surface area contributed by atoms with Crippen molar-refractivity contribution in [1.82, 2.24) is 14.8 Å². The lowest BCUT2D eigenvalue weighted by Crippen LogP contribution is -2.48. The van der Waals surface area contributed by atoms with Gasteiger partial charge in [0.2, 0.25) is 0 Å². The highest BCUT2D eigenvalue weighted by atomic mass is 16.5. The Balaban J connectivity index is 1.14. The van der Waals surface area contributed by atoms with Crippen LogP contribution in [0, 0.1) is 0 Å². The van der Waals surface area contributed by atoms with Crippen molar-refractivity contribution in [3.63, 3.8) is 0 Å². The number of pyridine rings is 1. The molecule has 0 spiro atoms. The first kappa shape index (κ1) is 20.9. The number of carbonyl (C=O) groups excluding carboxylic acids is 1. The van der Waals surface area contributed by atoms with Crippen LogP contribution in [0.1, 0.15) is 28.8 Å². The predicted molar refractivity (Wildman–Crippen MR) is 124 cm³/mol. The zero-order valence-corrected chi connectivity index (χ0v) is 18.3. The van der Waals surface area contributed by atoms with E-state index in [1.165, 1.54) is 10.9 Å². The van der Waals surface area contributed by atoms with Gasteiger partial charge in [-0.15, -0.1) is 0 Å². The summed E-state index contributed by atoms with van der Waals surface area (Å²) in [6.07, 6.45) is 4.20. The monoisotopic (exact) mass is 431 g/mol. The van der Waals surface area contributed by atoms with E-state index in [0.29, 0.717) is 12.2 Å². The lowest BCUT2D eigenvalue weighted by Gasteiger charge is -2.35. The first-order valence-electron chi connectivity index (χ1n) is 11.4. The number of nitrogens with zero attached hydrogens (tertiary/aromatic N) is 3. The van der Waals surface area contributed by atoms with E-state index in [0.717, 1.165) is 63.4 Å². The Morgan fingerprint density at radius 2 is 1.84 bits per heavy atom. The fourth-order valence-electron chi connectivity index (χ4n) is 4.49. The van der Waals surface area contributed by atoms with Gasteiger partial charge in [-0.05, 0) is 48.7 Å². The maximum atomic E-state index is 13.0. The minimum atomic E-state index is 0.0853. The molecule has 1 atom stereocenters. The summed E-state index contributed by atoms with van der Waals surface area (Å²) in [5.74, 6) is 0.868. The van der Waals surface area contributed by atoms with E-state index in [1.54, 1.807) is 0 Å². The number of amides is 1. The van der Waals surface area contributed by atoms with E-state index < -0.39 is 0 Å².